The van der Waals surface area contributed by atoms with Crippen LogP contribution in [0.4, 0.5) is 0 Å². The van der Waals surface area contributed by atoms with Crippen molar-refractivity contribution in [3.8, 4) is 0 Å². The first-order valence-electron chi connectivity index (χ1n) is 16.0. The number of hydrogen-bond acceptors (Lipinski definition) is 7. The van der Waals surface area contributed by atoms with Crippen LogP contribution >= 0.6 is 0 Å². The minimum absolute atomic E-state index is 0.0141. The quantitative estimate of drug-likeness (QED) is 0.203. The smallest absolute Gasteiger partial charge is 0.254 e. The van der Waals surface area contributed by atoms with Crippen molar-refractivity contribution in [1.82, 2.24) is 25.5 Å². The number of rotatable bonds is 11. The van der Waals surface area contributed by atoms with Crippen LogP contribution in [0, 0.1) is 13.8 Å². The molecule has 0 saturated carbocycles. The van der Waals surface area contributed by atoms with E-state index < -0.39 is 12.1 Å². The molecule has 9 heteroatoms. The number of benzene rings is 2. The lowest BCUT2D eigenvalue weighted by Crippen LogP contribution is -2.48. The summed E-state index contributed by atoms with van der Waals surface area (Å²) in [5.41, 5.74) is 5.53. The molecule has 2 amide bonds. The number of hydrogen-bond donors (Lipinski definition) is 3. The van der Waals surface area contributed by atoms with Crippen LogP contribution in [0.1, 0.15) is 94.2 Å². The number of nitrogens with one attached hydrogen (secondary N) is 2. The maximum atomic E-state index is 13.7. The van der Waals surface area contributed by atoms with E-state index in [1.54, 1.807) is 29.4 Å². The molecule has 3 N–H and O–H groups in total. The van der Waals surface area contributed by atoms with Crippen LogP contribution < -0.4 is 10.6 Å². The Morgan fingerprint density at radius 3 is 2.52 bits per heavy atom. The van der Waals surface area contributed by atoms with Gasteiger partial charge in [0, 0.05) is 43.2 Å². The van der Waals surface area contributed by atoms with Gasteiger partial charge in [0.15, 0.2) is 0 Å². The average Bonchev–Trinajstić information content (AvgIpc) is 3.69. The molecule has 0 aliphatic carbocycles. The second-order valence-corrected chi connectivity index (χ2v) is 13.4. The second-order valence-electron chi connectivity index (χ2n) is 13.4. The van der Waals surface area contributed by atoms with E-state index in [1.807, 2.05) is 56.6 Å². The molecule has 1 aliphatic heterocycles. The van der Waals surface area contributed by atoms with Gasteiger partial charge in [-0.15, -0.1) is 0 Å². The van der Waals surface area contributed by atoms with Gasteiger partial charge in [0.1, 0.15) is 12.3 Å². The molecule has 1 saturated heterocycles. The largest absolute Gasteiger partial charge is 0.446 e. The van der Waals surface area contributed by atoms with Crippen molar-refractivity contribution >= 4 is 11.8 Å². The monoisotopic (exact) mass is 623 g/mol. The van der Waals surface area contributed by atoms with E-state index in [4.69, 9.17) is 4.42 Å². The molecule has 46 heavy (non-hydrogen) atoms. The number of aliphatic hydroxyl groups excluding tert-OH is 1. The second kappa shape index (κ2) is 14.4. The van der Waals surface area contributed by atoms with Crippen LogP contribution in [0.3, 0.4) is 0 Å². The van der Waals surface area contributed by atoms with Crippen molar-refractivity contribution in [3.05, 3.63) is 118 Å². The summed E-state index contributed by atoms with van der Waals surface area (Å²) in [7, 11) is 0. The van der Waals surface area contributed by atoms with E-state index in [2.05, 4.69) is 47.4 Å². The lowest BCUT2D eigenvalue weighted by atomic mass is 9.88. The molecular formula is C37H45N5O4. The SMILES string of the molecule is Cc1cc(C(=O)N[C@@H](Cc2ccccc2)[C@@H](O)CNCc2cncc(C(C)(C)C)c2)cc(C(=O)N2CCC[C@@H]2c2nc(C)co2)c1. The summed E-state index contributed by atoms with van der Waals surface area (Å²) in [5.74, 6) is 0.0331. The number of carbonyl (C=O) groups excluding carboxylic acids is 2. The number of aromatic nitrogens is 2. The highest BCUT2D eigenvalue weighted by atomic mass is 16.3. The molecular weight excluding hydrogens is 578 g/mol. The number of carbonyl (C=O) groups is 2. The zero-order chi connectivity index (χ0) is 32.8. The fourth-order valence-corrected chi connectivity index (χ4v) is 5.90. The Balaban J connectivity index is 1.29. The number of nitrogens with zero attached hydrogens (tertiary/aromatic N) is 3. The maximum Gasteiger partial charge on any atom is 0.254 e. The van der Waals surface area contributed by atoms with Gasteiger partial charge in [0.05, 0.1) is 17.8 Å². The Bertz CT molecular complexity index is 1640. The summed E-state index contributed by atoms with van der Waals surface area (Å²) in [4.78, 5) is 38.1. The number of oxazole rings is 1. The van der Waals surface area contributed by atoms with Gasteiger partial charge < -0.3 is 25.1 Å². The first-order valence-corrected chi connectivity index (χ1v) is 16.0. The minimum Gasteiger partial charge on any atom is -0.446 e. The molecule has 3 atom stereocenters. The number of amides is 2. The summed E-state index contributed by atoms with van der Waals surface area (Å²) < 4.78 is 5.64. The van der Waals surface area contributed by atoms with Crippen molar-refractivity contribution in [3.63, 3.8) is 0 Å². The molecule has 3 heterocycles. The molecule has 0 radical (unpaired) electrons. The standard InChI is InChI=1S/C37H45N5O4/c1-24-14-28(18-29(15-24)36(45)42-13-9-12-32(42)35-40-25(2)23-46-35)34(44)41-31(17-26-10-7-6-8-11-26)33(43)22-39-20-27-16-30(21-38-19-27)37(3,4)5/h6-8,10-11,14-16,18-19,21,23,31-33,39,43H,9,12-13,17,20,22H2,1-5H3,(H,41,44)/t31-,32+,33-/m0/s1. The van der Waals surface area contributed by atoms with E-state index in [0.29, 0.717) is 36.5 Å². The van der Waals surface area contributed by atoms with Crippen LogP contribution in [0.25, 0.3) is 0 Å². The van der Waals surface area contributed by atoms with Crippen LogP contribution in [0.2, 0.25) is 0 Å². The zero-order valence-electron chi connectivity index (χ0n) is 27.4. The van der Waals surface area contributed by atoms with Crippen LogP contribution in [-0.2, 0) is 18.4 Å². The van der Waals surface area contributed by atoms with Crippen LogP contribution in [0.5, 0.6) is 0 Å². The number of aliphatic hydroxyl groups is 1. The van der Waals surface area contributed by atoms with Gasteiger partial charge in [-0.3, -0.25) is 14.6 Å². The highest BCUT2D eigenvalue weighted by molar-refractivity contribution is 6.00. The highest BCUT2D eigenvalue weighted by Crippen LogP contribution is 2.33. The third-order valence-corrected chi connectivity index (χ3v) is 8.44. The third-order valence-electron chi connectivity index (χ3n) is 8.44. The molecule has 2 aromatic carbocycles. The van der Waals surface area contributed by atoms with E-state index in [1.165, 1.54) is 0 Å². The van der Waals surface area contributed by atoms with Crippen molar-refractivity contribution in [2.45, 2.75) is 84.0 Å². The zero-order valence-corrected chi connectivity index (χ0v) is 27.4. The lowest BCUT2D eigenvalue weighted by Gasteiger charge is -2.26. The van der Waals surface area contributed by atoms with Gasteiger partial charge in [-0.1, -0.05) is 57.2 Å². The first-order chi connectivity index (χ1) is 22.0. The fourth-order valence-electron chi connectivity index (χ4n) is 5.90. The number of likely N-dealkylation sites (tertiary alicyclic amines) is 1. The van der Waals surface area contributed by atoms with Gasteiger partial charge in [0.25, 0.3) is 11.8 Å². The van der Waals surface area contributed by atoms with Gasteiger partial charge in [-0.05, 0) is 79.0 Å². The Morgan fingerprint density at radius 2 is 1.80 bits per heavy atom. The van der Waals surface area contributed by atoms with Crippen molar-refractivity contribution in [2.24, 2.45) is 0 Å². The van der Waals surface area contributed by atoms with Gasteiger partial charge >= 0.3 is 0 Å². The predicted octanol–water partition coefficient (Wildman–Crippen LogP) is 5.45. The molecule has 0 spiro atoms. The lowest BCUT2D eigenvalue weighted by molar-refractivity contribution is 0.0715. The van der Waals surface area contributed by atoms with Crippen molar-refractivity contribution in [2.75, 3.05) is 13.1 Å². The number of aryl methyl sites for hydroxylation is 2. The molecule has 0 bridgehead atoms. The van der Waals surface area contributed by atoms with Crippen LogP contribution in [0.15, 0.2) is 77.7 Å². The fraction of sp³-hybridized carbons (Fsp3) is 0.405. The molecule has 9 nitrogen and oxygen atoms in total. The van der Waals surface area contributed by atoms with E-state index in [-0.39, 0.29) is 29.8 Å². The van der Waals surface area contributed by atoms with Crippen LogP contribution in [-0.4, -0.2) is 57.0 Å². The van der Waals surface area contributed by atoms with E-state index in [9.17, 15) is 14.7 Å². The summed E-state index contributed by atoms with van der Waals surface area (Å²) in [5, 5.41) is 17.7. The summed E-state index contributed by atoms with van der Waals surface area (Å²) in [6, 6.07) is 16.3. The highest BCUT2D eigenvalue weighted by Gasteiger charge is 2.34. The number of pyridine rings is 1. The molecule has 5 rings (SSSR count). The Labute approximate surface area is 271 Å². The summed E-state index contributed by atoms with van der Waals surface area (Å²) in [6.07, 6.45) is 6.50. The predicted molar refractivity (Wildman–Crippen MR) is 177 cm³/mol. The Hall–Kier alpha value is -4.34. The van der Waals surface area contributed by atoms with E-state index >= 15 is 0 Å². The van der Waals surface area contributed by atoms with Gasteiger partial charge in [-0.25, -0.2) is 4.98 Å². The topological polar surface area (TPSA) is 121 Å². The normalized spacial score (nSPS) is 16.3. The summed E-state index contributed by atoms with van der Waals surface area (Å²) >= 11 is 0. The van der Waals surface area contributed by atoms with E-state index in [0.717, 1.165) is 40.8 Å². The van der Waals surface area contributed by atoms with Gasteiger partial charge in [0.2, 0.25) is 5.89 Å². The molecule has 2 aromatic heterocycles. The molecule has 1 fully saturated rings. The van der Waals surface area contributed by atoms with Gasteiger partial charge in [-0.2, -0.15) is 0 Å². The maximum absolute atomic E-state index is 13.7. The Kier molecular flexibility index (Phi) is 10.3. The molecule has 1 aliphatic rings. The molecule has 4 aromatic rings. The van der Waals surface area contributed by atoms with Crippen molar-refractivity contribution < 1.29 is 19.1 Å². The third kappa shape index (κ3) is 8.27. The molecule has 0 unspecified atom stereocenters. The Morgan fingerprint density at radius 1 is 1.04 bits per heavy atom. The first kappa shape index (κ1) is 33.0. The average molecular weight is 624 g/mol. The minimum atomic E-state index is -0.872. The summed E-state index contributed by atoms with van der Waals surface area (Å²) in [6.45, 7) is 11.6. The van der Waals surface area contributed by atoms with Crippen molar-refractivity contribution in [1.29, 1.82) is 0 Å². The molecule has 242 valence electrons.